The quantitative estimate of drug-likeness (QED) is 0.663. The monoisotopic (exact) mass is 210 g/mol. The van der Waals surface area contributed by atoms with E-state index < -0.39 is 0 Å². The summed E-state index contributed by atoms with van der Waals surface area (Å²) in [5.41, 5.74) is 1.01. The maximum absolute atomic E-state index is 4.94. The highest BCUT2D eigenvalue weighted by Crippen LogP contribution is 2.30. The average molecular weight is 210 g/mol. The lowest BCUT2D eigenvalue weighted by Crippen LogP contribution is -2.18. The van der Waals surface area contributed by atoms with E-state index in [1.54, 1.807) is 7.11 Å². The van der Waals surface area contributed by atoms with Crippen molar-refractivity contribution in [2.75, 3.05) is 20.3 Å². The van der Waals surface area contributed by atoms with Gasteiger partial charge in [-0.25, -0.2) is 0 Å². The second-order valence-electron chi connectivity index (χ2n) is 4.04. The maximum Gasteiger partial charge on any atom is 0.0964 e. The van der Waals surface area contributed by atoms with Gasteiger partial charge >= 0.3 is 0 Å². The molecule has 1 aliphatic rings. The van der Waals surface area contributed by atoms with Crippen LogP contribution in [0.15, 0.2) is 6.20 Å². The lowest BCUT2D eigenvalue weighted by molar-refractivity contribution is 0.199. The molecule has 5 heteroatoms. The highest BCUT2D eigenvalue weighted by atomic mass is 16.5. The van der Waals surface area contributed by atoms with Gasteiger partial charge in [0.25, 0.3) is 0 Å². The summed E-state index contributed by atoms with van der Waals surface area (Å²) >= 11 is 0. The van der Waals surface area contributed by atoms with E-state index in [9.17, 15) is 0 Å². The minimum Gasteiger partial charge on any atom is -0.383 e. The van der Waals surface area contributed by atoms with Crippen LogP contribution in [0.25, 0.3) is 0 Å². The van der Waals surface area contributed by atoms with Gasteiger partial charge in [0.05, 0.1) is 12.3 Å². The molecule has 1 aromatic heterocycles. The zero-order chi connectivity index (χ0) is 10.5. The van der Waals surface area contributed by atoms with E-state index in [4.69, 9.17) is 4.74 Å². The van der Waals surface area contributed by atoms with Gasteiger partial charge in [-0.15, -0.1) is 5.10 Å². The Hall–Kier alpha value is -0.940. The summed E-state index contributed by atoms with van der Waals surface area (Å²) in [6.45, 7) is 3.39. The molecule has 0 amide bonds. The summed E-state index contributed by atoms with van der Waals surface area (Å²) in [5, 5.41) is 11.4. The molecule has 1 fully saturated rings. The third-order valence-electron chi connectivity index (χ3n) is 2.52. The van der Waals surface area contributed by atoms with Crippen molar-refractivity contribution in [1.29, 1.82) is 0 Å². The summed E-state index contributed by atoms with van der Waals surface area (Å²) < 4.78 is 6.89. The van der Waals surface area contributed by atoms with Gasteiger partial charge in [-0.1, -0.05) is 5.21 Å². The van der Waals surface area contributed by atoms with Crippen LogP contribution < -0.4 is 5.32 Å². The van der Waals surface area contributed by atoms with Gasteiger partial charge in [-0.2, -0.15) is 0 Å². The van der Waals surface area contributed by atoms with E-state index in [1.807, 2.05) is 10.9 Å². The molecule has 1 aliphatic carbocycles. The van der Waals surface area contributed by atoms with Crippen molar-refractivity contribution in [3.05, 3.63) is 11.9 Å². The topological polar surface area (TPSA) is 52.0 Å². The van der Waals surface area contributed by atoms with E-state index in [-0.39, 0.29) is 0 Å². The fraction of sp³-hybridized carbons (Fsp3) is 0.800. The minimum atomic E-state index is 0.732. The summed E-state index contributed by atoms with van der Waals surface area (Å²) in [6.07, 6.45) is 4.72. The Kier molecular flexibility index (Phi) is 3.69. The van der Waals surface area contributed by atoms with Crippen LogP contribution in [0.1, 0.15) is 18.5 Å². The summed E-state index contributed by atoms with van der Waals surface area (Å²) in [7, 11) is 1.70. The predicted molar refractivity (Wildman–Crippen MR) is 56.3 cm³/mol. The van der Waals surface area contributed by atoms with Crippen LogP contribution in [0.2, 0.25) is 0 Å². The molecule has 0 unspecified atom stereocenters. The summed E-state index contributed by atoms with van der Waals surface area (Å²) in [6, 6.07) is 0. The minimum absolute atomic E-state index is 0.732. The molecule has 1 heterocycles. The van der Waals surface area contributed by atoms with E-state index in [0.717, 1.165) is 37.9 Å². The van der Waals surface area contributed by atoms with Crippen LogP contribution in [0.3, 0.4) is 0 Å². The second-order valence-corrected chi connectivity index (χ2v) is 4.04. The van der Waals surface area contributed by atoms with Crippen molar-refractivity contribution in [2.24, 2.45) is 5.92 Å². The summed E-state index contributed by atoms with van der Waals surface area (Å²) in [5.74, 6) is 0.848. The van der Waals surface area contributed by atoms with Crippen LogP contribution in [0, 0.1) is 5.92 Å². The molecule has 0 spiro atoms. The maximum atomic E-state index is 4.94. The molecule has 0 bridgehead atoms. The SMILES string of the molecule is COCCNCc1cn(CC2CC2)nn1. The summed E-state index contributed by atoms with van der Waals surface area (Å²) in [4.78, 5) is 0. The molecule has 1 aromatic rings. The lowest BCUT2D eigenvalue weighted by Gasteiger charge is -1.99. The molecule has 15 heavy (non-hydrogen) atoms. The number of methoxy groups -OCH3 is 1. The van der Waals surface area contributed by atoms with Crippen LogP contribution in [0.5, 0.6) is 0 Å². The molecule has 0 radical (unpaired) electrons. The number of hydrogen-bond acceptors (Lipinski definition) is 4. The molecular formula is C10H18N4O. The van der Waals surface area contributed by atoms with Crippen LogP contribution in [-0.2, 0) is 17.8 Å². The van der Waals surface area contributed by atoms with Gasteiger partial charge in [-0.3, -0.25) is 4.68 Å². The van der Waals surface area contributed by atoms with Crippen molar-refractivity contribution < 1.29 is 4.74 Å². The van der Waals surface area contributed by atoms with Crippen molar-refractivity contribution in [1.82, 2.24) is 20.3 Å². The van der Waals surface area contributed by atoms with Gasteiger partial charge in [0.1, 0.15) is 0 Å². The molecule has 5 nitrogen and oxygen atoms in total. The Morgan fingerprint density at radius 2 is 2.47 bits per heavy atom. The van der Waals surface area contributed by atoms with Gasteiger partial charge in [0.15, 0.2) is 0 Å². The Bertz CT molecular complexity index is 295. The zero-order valence-corrected chi connectivity index (χ0v) is 9.15. The first-order valence-corrected chi connectivity index (χ1v) is 5.47. The highest BCUT2D eigenvalue weighted by Gasteiger charge is 2.22. The molecule has 0 saturated heterocycles. The number of aromatic nitrogens is 3. The number of rotatable bonds is 7. The number of nitrogens with zero attached hydrogens (tertiary/aromatic N) is 3. The Morgan fingerprint density at radius 3 is 3.20 bits per heavy atom. The van der Waals surface area contributed by atoms with Crippen molar-refractivity contribution in [3.63, 3.8) is 0 Å². The fourth-order valence-corrected chi connectivity index (χ4v) is 1.46. The third-order valence-corrected chi connectivity index (χ3v) is 2.52. The van der Waals surface area contributed by atoms with Crippen molar-refractivity contribution in [2.45, 2.75) is 25.9 Å². The number of ether oxygens (including phenoxy) is 1. The molecule has 84 valence electrons. The molecular weight excluding hydrogens is 192 g/mol. The van der Waals surface area contributed by atoms with Crippen molar-refractivity contribution in [3.8, 4) is 0 Å². The molecule has 1 saturated carbocycles. The largest absolute Gasteiger partial charge is 0.383 e. The molecule has 0 atom stereocenters. The molecule has 0 aliphatic heterocycles. The third kappa shape index (κ3) is 3.60. The number of hydrogen-bond donors (Lipinski definition) is 1. The smallest absolute Gasteiger partial charge is 0.0964 e. The van der Waals surface area contributed by atoms with Crippen LogP contribution in [-0.4, -0.2) is 35.3 Å². The first kappa shape index (κ1) is 10.6. The van der Waals surface area contributed by atoms with E-state index in [0.29, 0.717) is 0 Å². The predicted octanol–water partition coefficient (Wildman–Crippen LogP) is 0.424. The number of nitrogens with one attached hydrogen (secondary N) is 1. The van der Waals surface area contributed by atoms with Crippen molar-refractivity contribution >= 4 is 0 Å². The van der Waals surface area contributed by atoms with E-state index in [1.165, 1.54) is 12.8 Å². The molecule has 1 N–H and O–H groups in total. The fourth-order valence-electron chi connectivity index (χ4n) is 1.46. The van der Waals surface area contributed by atoms with Gasteiger partial charge < -0.3 is 10.1 Å². The molecule has 2 rings (SSSR count). The Labute approximate surface area is 89.8 Å². The highest BCUT2D eigenvalue weighted by molar-refractivity contribution is 4.92. The van der Waals surface area contributed by atoms with E-state index in [2.05, 4.69) is 15.6 Å². The first-order chi connectivity index (χ1) is 7.38. The normalized spacial score (nSPS) is 15.8. The van der Waals surface area contributed by atoms with E-state index >= 15 is 0 Å². The Balaban J connectivity index is 1.69. The lowest BCUT2D eigenvalue weighted by atomic mass is 10.4. The van der Waals surface area contributed by atoms with Crippen LogP contribution in [0.4, 0.5) is 0 Å². The standard InChI is InChI=1S/C10H18N4O/c1-15-5-4-11-6-10-8-14(13-12-10)7-9-2-3-9/h8-9,11H,2-7H2,1H3. The van der Waals surface area contributed by atoms with Gasteiger partial charge in [-0.05, 0) is 18.8 Å². The zero-order valence-electron chi connectivity index (χ0n) is 9.15. The van der Waals surface area contributed by atoms with Crippen LogP contribution >= 0.6 is 0 Å². The Morgan fingerprint density at radius 1 is 1.60 bits per heavy atom. The average Bonchev–Trinajstić information content (AvgIpc) is 2.93. The van der Waals surface area contributed by atoms with Gasteiger partial charge in [0, 0.05) is 32.9 Å². The second kappa shape index (κ2) is 5.23. The first-order valence-electron chi connectivity index (χ1n) is 5.47. The molecule has 0 aromatic carbocycles. The van der Waals surface area contributed by atoms with Gasteiger partial charge in [0.2, 0.25) is 0 Å².